The third kappa shape index (κ3) is 6.49. The zero-order chi connectivity index (χ0) is 25.2. The van der Waals surface area contributed by atoms with Gasteiger partial charge in [-0.3, -0.25) is 4.79 Å². The summed E-state index contributed by atoms with van der Waals surface area (Å²) in [5.41, 5.74) is 0.108. The minimum absolute atomic E-state index is 0.0571. The third-order valence-corrected chi connectivity index (χ3v) is 10.7. The summed E-state index contributed by atoms with van der Waals surface area (Å²) in [7, 11) is 0.868. The second kappa shape index (κ2) is 10.0. The second-order valence-corrected chi connectivity index (χ2v) is 15.6. The van der Waals surface area contributed by atoms with Crippen LogP contribution in [0.1, 0.15) is 41.5 Å². The maximum Gasteiger partial charge on any atom is 0.407 e. The molecule has 0 unspecified atom stereocenters. The van der Waals surface area contributed by atoms with Gasteiger partial charge in [-0.15, -0.1) is 0 Å². The van der Waals surface area contributed by atoms with Gasteiger partial charge >= 0.3 is 6.09 Å². The summed E-state index contributed by atoms with van der Waals surface area (Å²) >= 11 is 0. The topological polar surface area (TPSA) is 86.3 Å². The number of nitrogens with zero attached hydrogens (tertiary/aromatic N) is 1. The van der Waals surface area contributed by atoms with Gasteiger partial charge in [-0.1, -0.05) is 20.8 Å². The number of alkyl carbamates (subject to hydrolysis) is 1. The molecule has 1 aromatic carbocycles. The quantitative estimate of drug-likeness (QED) is 0.440. The Balaban J connectivity index is 2.35. The highest BCUT2D eigenvalue weighted by atomic mass is 28.4. The number of carbonyl (C=O) groups excluding carboxylic acids is 2. The summed E-state index contributed by atoms with van der Waals surface area (Å²) in [6.07, 6.45) is -1.67. The number of hydrogen-bond acceptors (Lipinski definition) is 6. The molecule has 1 aromatic rings. The predicted molar refractivity (Wildman–Crippen MR) is 131 cm³/mol. The molecule has 0 aliphatic carbocycles. The van der Waals surface area contributed by atoms with Gasteiger partial charge in [0.2, 0.25) is 0 Å². The molecule has 2 amide bonds. The number of anilines is 1. The van der Waals surface area contributed by atoms with Crippen LogP contribution >= 0.6 is 0 Å². The Bertz CT molecular complexity index is 829. The molecule has 33 heavy (non-hydrogen) atoms. The summed E-state index contributed by atoms with van der Waals surface area (Å²) in [5, 5.41) is 2.78. The fourth-order valence-electron chi connectivity index (χ4n) is 3.41. The Morgan fingerprint density at radius 1 is 1.09 bits per heavy atom. The van der Waals surface area contributed by atoms with Crippen LogP contribution in [0.15, 0.2) is 24.3 Å². The highest BCUT2D eigenvalue weighted by Crippen LogP contribution is 2.40. The second-order valence-electron chi connectivity index (χ2n) is 10.9. The lowest BCUT2D eigenvalue weighted by molar-refractivity contribution is -0.143. The first-order chi connectivity index (χ1) is 15.1. The molecule has 1 fully saturated rings. The van der Waals surface area contributed by atoms with Gasteiger partial charge in [0.15, 0.2) is 14.4 Å². The molecule has 0 radical (unpaired) electrons. The number of methoxy groups -OCH3 is 2. The molecule has 0 aromatic heterocycles. The van der Waals surface area contributed by atoms with Crippen LogP contribution in [0.4, 0.5) is 10.5 Å². The monoisotopic (exact) mass is 480 g/mol. The highest BCUT2D eigenvalue weighted by Gasteiger charge is 2.54. The fourth-order valence-corrected chi connectivity index (χ4v) is 4.75. The maximum atomic E-state index is 13.0. The summed E-state index contributed by atoms with van der Waals surface area (Å²) < 4.78 is 22.9. The van der Waals surface area contributed by atoms with Crippen molar-refractivity contribution < 1.29 is 28.2 Å². The number of rotatable bonds is 8. The molecule has 9 heteroatoms. The number of benzene rings is 1. The van der Waals surface area contributed by atoms with Gasteiger partial charge in [0.25, 0.3) is 5.91 Å². The van der Waals surface area contributed by atoms with Gasteiger partial charge in [-0.2, -0.15) is 0 Å². The van der Waals surface area contributed by atoms with Crippen LogP contribution in [-0.2, 0) is 18.7 Å². The largest absolute Gasteiger partial charge is 0.497 e. The number of carbonyl (C=O) groups is 2. The molecule has 2 rings (SSSR count). The normalized spacial score (nSPS) is 20.2. The Morgan fingerprint density at radius 3 is 2.12 bits per heavy atom. The lowest BCUT2D eigenvalue weighted by atomic mass is 9.91. The van der Waals surface area contributed by atoms with E-state index in [1.54, 1.807) is 12.0 Å². The van der Waals surface area contributed by atoms with E-state index in [1.165, 1.54) is 7.11 Å². The molecule has 1 heterocycles. The van der Waals surface area contributed by atoms with Crippen molar-refractivity contribution in [1.82, 2.24) is 5.32 Å². The van der Waals surface area contributed by atoms with Crippen molar-refractivity contribution in [3.8, 4) is 5.75 Å². The van der Waals surface area contributed by atoms with Crippen LogP contribution in [0.25, 0.3) is 0 Å². The number of ether oxygens (including phenoxy) is 3. The van der Waals surface area contributed by atoms with Gasteiger partial charge in [0.05, 0.1) is 19.3 Å². The molecule has 3 atom stereocenters. The number of β-lactam (4-membered cyclic amide) rings is 1. The molecule has 1 saturated heterocycles. The van der Waals surface area contributed by atoms with Crippen molar-refractivity contribution in [3.63, 3.8) is 0 Å². The third-order valence-electron chi connectivity index (χ3n) is 6.17. The van der Waals surface area contributed by atoms with E-state index in [1.807, 2.05) is 45.0 Å². The Morgan fingerprint density at radius 2 is 1.67 bits per heavy atom. The van der Waals surface area contributed by atoms with Gasteiger partial charge in [-0.05, 0) is 63.2 Å². The van der Waals surface area contributed by atoms with Crippen LogP contribution in [0, 0.1) is 0 Å². The molecule has 0 saturated carbocycles. The van der Waals surface area contributed by atoms with Crippen molar-refractivity contribution in [2.24, 2.45) is 0 Å². The van der Waals surface area contributed by atoms with E-state index < -0.39 is 38.3 Å². The first-order valence-corrected chi connectivity index (χ1v) is 14.2. The van der Waals surface area contributed by atoms with Crippen LogP contribution in [0.3, 0.4) is 0 Å². The average molecular weight is 481 g/mol. The highest BCUT2D eigenvalue weighted by molar-refractivity contribution is 6.74. The van der Waals surface area contributed by atoms with E-state index in [4.69, 9.17) is 18.6 Å². The predicted octanol–water partition coefficient (Wildman–Crippen LogP) is 4.34. The van der Waals surface area contributed by atoms with Gasteiger partial charge in [-0.25, -0.2) is 4.79 Å². The Kier molecular flexibility index (Phi) is 8.25. The molecule has 1 aliphatic rings. The van der Waals surface area contributed by atoms with E-state index >= 15 is 0 Å². The van der Waals surface area contributed by atoms with Crippen molar-refractivity contribution in [2.45, 2.75) is 83.5 Å². The Labute approximate surface area is 199 Å². The van der Waals surface area contributed by atoms with Crippen molar-refractivity contribution in [2.75, 3.05) is 25.7 Å². The molecule has 186 valence electrons. The Hall–Kier alpha value is -2.10. The molecule has 1 aliphatic heterocycles. The van der Waals surface area contributed by atoms with Crippen LogP contribution in [-0.4, -0.2) is 64.9 Å². The SMILES string of the molecule is COc1ccc(N2C(=O)[C@H](OC)[C@@H]2[C@H](CNC(=O)OC(C)(C)C)O[Si](C)(C)C(C)(C)C)cc1. The summed E-state index contributed by atoms with van der Waals surface area (Å²) in [6, 6.07) is 6.88. The van der Waals surface area contributed by atoms with Crippen molar-refractivity contribution in [1.29, 1.82) is 0 Å². The van der Waals surface area contributed by atoms with E-state index in [0.717, 1.165) is 5.69 Å². The van der Waals surface area contributed by atoms with Crippen LogP contribution in [0.5, 0.6) is 5.75 Å². The van der Waals surface area contributed by atoms with E-state index in [-0.39, 0.29) is 17.5 Å². The van der Waals surface area contributed by atoms with Crippen molar-refractivity contribution >= 4 is 26.0 Å². The first kappa shape index (κ1) is 27.1. The number of hydrogen-bond donors (Lipinski definition) is 1. The molecule has 1 N–H and O–H groups in total. The molecule has 0 bridgehead atoms. The molecular formula is C24H40N2O6Si. The zero-order valence-corrected chi connectivity index (χ0v) is 22.6. The van der Waals surface area contributed by atoms with E-state index in [9.17, 15) is 9.59 Å². The minimum Gasteiger partial charge on any atom is -0.497 e. The average Bonchev–Trinajstić information content (AvgIpc) is 2.68. The van der Waals surface area contributed by atoms with Gasteiger partial charge < -0.3 is 28.9 Å². The number of nitrogens with one attached hydrogen (secondary N) is 1. The zero-order valence-electron chi connectivity index (χ0n) is 21.6. The maximum absolute atomic E-state index is 13.0. The molecule has 0 spiro atoms. The summed E-state index contributed by atoms with van der Waals surface area (Å²) in [4.78, 5) is 27.0. The standard InChI is InChI=1S/C24H40N2O6Si/c1-23(2,3)31-22(28)25-15-18(32-33(9,10)24(4,5)6)19-20(30-8)21(27)26(19)16-11-13-17(29-7)14-12-16/h11-14,18-20H,15H2,1-10H3,(H,25,28)/t18-,19-,20+/m0/s1. The first-order valence-electron chi connectivity index (χ1n) is 11.3. The van der Waals surface area contributed by atoms with E-state index in [2.05, 4.69) is 39.2 Å². The van der Waals surface area contributed by atoms with Gasteiger partial charge in [0.1, 0.15) is 11.4 Å². The minimum atomic E-state index is -2.25. The van der Waals surface area contributed by atoms with Gasteiger partial charge in [0, 0.05) is 19.3 Å². The lowest BCUT2D eigenvalue weighted by Crippen LogP contribution is -2.72. The summed E-state index contributed by atoms with van der Waals surface area (Å²) in [5.74, 6) is 0.556. The smallest absolute Gasteiger partial charge is 0.407 e. The van der Waals surface area contributed by atoms with Crippen LogP contribution < -0.4 is 15.0 Å². The summed E-state index contributed by atoms with van der Waals surface area (Å²) in [6.45, 7) is 16.4. The fraction of sp³-hybridized carbons (Fsp3) is 0.667. The lowest BCUT2D eigenvalue weighted by Gasteiger charge is -2.51. The molecule has 8 nitrogen and oxygen atoms in total. The number of amides is 2. The molecular weight excluding hydrogens is 440 g/mol. The van der Waals surface area contributed by atoms with Crippen LogP contribution in [0.2, 0.25) is 18.1 Å². The van der Waals surface area contributed by atoms with Crippen molar-refractivity contribution in [3.05, 3.63) is 24.3 Å². The van der Waals surface area contributed by atoms with E-state index in [0.29, 0.717) is 5.75 Å².